The fourth-order valence-corrected chi connectivity index (χ4v) is 6.69. The monoisotopic (exact) mass is 519 g/mol. The van der Waals surface area contributed by atoms with Gasteiger partial charge in [-0.15, -0.1) is 0 Å². The lowest BCUT2D eigenvalue weighted by Gasteiger charge is -2.21. The molecule has 2 amide bonds. The first kappa shape index (κ1) is 22.8. The molecule has 1 aromatic heterocycles. The number of fused-ring (bicyclic) bond motifs is 4. The Morgan fingerprint density at radius 2 is 1.91 bits per heavy atom. The minimum atomic E-state index is -4.18. The topological polar surface area (TPSA) is 111 Å². The van der Waals surface area contributed by atoms with Crippen molar-refractivity contribution in [2.24, 2.45) is 0 Å². The van der Waals surface area contributed by atoms with Crippen LogP contribution in [-0.4, -0.2) is 41.8 Å². The number of aromatic amines is 1. The summed E-state index contributed by atoms with van der Waals surface area (Å²) >= 11 is 12.3. The molecule has 2 bridgehead atoms. The molecule has 2 aliphatic rings. The molecule has 2 N–H and O–H groups in total. The minimum Gasteiger partial charge on any atom is -0.508 e. The molecule has 0 radical (unpaired) electrons. The van der Waals surface area contributed by atoms with E-state index in [0.717, 1.165) is 22.0 Å². The number of sulfone groups is 1. The van der Waals surface area contributed by atoms with E-state index in [9.17, 15) is 23.1 Å². The number of phenols is 1. The van der Waals surface area contributed by atoms with Gasteiger partial charge in [-0.2, -0.15) is 0 Å². The van der Waals surface area contributed by atoms with E-state index in [2.05, 4.69) is 4.98 Å². The van der Waals surface area contributed by atoms with Gasteiger partial charge in [-0.05, 0) is 66.8 Å². The minimum absolute atomic E-state index is 0.00306. The van der Waals surface area contributed by atoms with Gasteiger partial charge in [0.15, 0.2) is 0 Å². The number of nitrogens with one attached hydrogen (secondary N) is 1. The molecule has 11 heteroatoms. The Bertz CT molecular complexity index is 1480. The Kier molecular flexibility index (Phi) is 5.38. The molecule has 0 saturated heterocycles. The number of anilines is 1. The van der Waals surface area contributed by atoms with E-state index in [0.29, 0.717) is 13.0 Å². The number of aryl methyl sites for hydroxylation is 1. The number of hydrogen-bond acceptors (Lipinski definition) is 5. The van der Waals surface area contributed by atoms with Crippen LogP contribution in [0.4, 0.5) is 5.69 Å². The Morgan fingerprint density at radius 3 is 2.68 bits per heavy atom. The lowest BCUT2D eigenvalue weighted by atomic mass is 10.0. The van der Waals surface area contributed by atoms with Gasteiger partial charge in [-0.3, -0.25) is 9.59 Å². The SMILES string of the molecule is Cc1c(C(=O)N2CCCc3ccc(O)cc3C2)[nH]c2c1S(=O)(=O)c1cc(Cl)cc(c1)N(Cl)C2=O. The van der Waals surface area contributed by atoms with Crippen LogP contribution in [0.5, 0.6) is 5.75 Å². The van der Waals surface area contributed by atoms with E-state index in [4.69, 9.17) is 23.4 Å². The largest absolute Gasteiger partial charge is 0.508 e. The van der Waals surface area contributed by atoms with Gasteiger partial charge in [-0.1, -0.05) is 17.7 Å². The third kappa shape index (κ3) is 3.55. The molecule has 3 heterocycles. The normalized spacial score (nSPS) is 16.9. The van der Waals surface area contributed by atoms with E-state index in [-0.39, 0.29) is 49.7 Å². The zero-order chi connectivity index (χ0) is 24.4. The van der Waals surface area contributed by atoms with Gasteiger partial charge in [0, 0.05) is 29.9 Å². The van der Waals surface area contributed by atoms with Crippen molar-refractivity contribution >= 4 is 50.7 Å². The maximum Gasteiger partial charge on any atom is 0.290 e. The number of rotatable bonds is 1. The van der Waals surface area contributed by atoms with Crippen molar-refractivity contribution < 1.29 is 23.1 Å². The first-order chi connectivity index (χ1) is 16.1. The zero-order valence-electron chi connectivity index (χ0n) is 17.9. The van der Waals surface area contributed by atoms with Crippen LogP contribution in [0.25, 0.3) is 0 Å². The van der Waals surface area contributed by atoms with Crippen LogP contribution in [0, 0.1) is 6.92 Å². The Labute approximate surface area is 205 Å². The van der Waals surface area contributed by atoms with Crippen molar-refractivity contribution in [2.45, 2.75) is 36.1 Å². The van der Waals surface area contributed by atoms with E-state index >= 15 is 0 Å². The summed E-state index contributed by atoms with van der Waals surface area (Å²) < 4.78 is 27.8. The highest BCUT2D eigenvalue weighted by molar-refractivity contribution is 7.91. The van der Waals surface area contributed by atoms with Crippen molar-refractivity contribution in [1.82, 2.24) is 9.88 Å². The van der Waals surface area contributed by atoms with Crippen molar-refractivity contribution in [1.29, 1.82) is 0 Å². The zero-order valence-corrected chi connectivity index (χ0v) is 20.3. The quantitative estimate of drug-likeness (QED) is 0.467. The summed E-state index contributed by atoms with van der Waals surface area (Å²) in [4.78, 5) is 30.6. The van der Waals surface area contributed by atoms with Crippen LogP contribution in [0.15, 0.2) is 46.2 Å². The van der Waals surface area contributed by atoms with Crippen LogP contribution >= 0.6 is 23.4 Å². The van der Waals surface area contributed by atoms with E-state index in [1.54, 1.807) is 17.0 Å². The third-order valence-corrected chi connectivity index (χ3v) is 8.64. The van der Waals surface area contributed by atoms with E-state index < -0.39 is 21.7 Å². The second-order valence-electron chi connectivity index (χ2n) is 8.35. The van der Waals surface area contributed by atoms with Crippen LogP contribution in [0.3, 0.4) is 0 Å². The third-order valence-electron chi connectivity index (χ3n) is 6.17. The van der Waals surface area contributed by atoms with Crippen molar-refractivity contribution in [3.05, 3.63) is 69.5 Å². The number of H-pyrrole nitrogens is 1. The summed E-state index contributed by atoms with van der Waals surface area (Å²) in [6, 6.07) is 8.99. The summed E-state index contributed by atoms with van der Waals surface area (Å²) in [6.07, 6.45) is 1.43. The Morgan fingerprint density at radius 1 is 1.15 bits per heavy atom. The number of benzene rings is 2. The number of amides is 2. The second kappa shape index (κ2) is 8.04. The van der Waals surface area contributed by atoms with Gasteiger partial charge in [0.05, 0.1) is 10.6 Å². The molecule has 3 aromatic rings. The van der Waals surface area contributed by atoms with E-state index in [1.807, 2.05) is 6.07 Å². The molecule has 0 unspecified atom stereocenters. The van der Waals surface area contributed by atoms with Gasteiger partial charge >= 0.3 is 0 Å². The summed E-state index contributed by atoms with van der Waals surface area (Å²) in [5.74, 6) is -1.16. The summed E-state index contributed by atoms with van der Waals surface area (Å²) in [5, 5.41) is 9.99. The molecule has 0 saturated carbocycles. The molecule has 5 rings (SSSR count). The fraction of sp³-hybridized carbons (Fsp3) is 0.217. The molecular weight excluding hydrogens is 501 g/mol. The average molecular weight is 520 g/mol. The molecular formula is C23H19Cl2N3O5S. The van der Waals surface area contributed by atoms with Crippen LogP contribution in [-0.2, 0) is 22.8 Å². The van der Waals surface area contributed by atoms with Crippen LogP contribution in [0.1, 0.15) is 44.1 Å². The molecule has 0 spiro atoms. The average Bonchev–Trinajstić information content (AvgIpc) is 3.00. The lowest BCUT2D eigenvalue weighted by Crippen LogP contribution is -2.31. The predicted molar refractivity (Wildman–Crippen MR) is 126 cm³/mol. The number of aromatic nitrogens is 1. The smallest absolute Gasteiger partial charge is 0.290 e. The second-order valence-corrected chi connectivity index (χ2v) is 11.0. The standard InChI is InChI=1S/C23H19Cl2N3O5S/c1-12-19(22(30)27-6-2-3-13-4-5-17(29)7-14(13)11-27)26-20-21(12)34(32,33)18-9-15(24)8-16(10-18)28(25)23(20)31/h4-5,7-10,26,29H,2-3,6,11H2,1H3. The molecule has 176 valence electrons. The summed E-state index contributed by atoms with van der Waals surface area (Å²) in [7, 11) is -4.18. The number of halogens is 2. The highest BCUT2D eigenvalue weighted by Crippen LogP contribution is 2.38. The van der Waals surface area contributed by atoms with Gasteiger partial charge in [0.25, 0.3) is 11.8 Å². The van der Waals surface area contributed by atoms with E-state index in [1.165, 1.54) is 25.1 Å². The first-order valence-electron chi connectivity index (χ1n) is 10.5. The summed E-state index contributed by atoms with van der Waals surface area (Å²) in [5.41, 5.74) is 1.79. The number of carbonyl (C=O) groups excluding carboxylic acids is 2. The Hall–Kier alpha value is -3.01. The molecule has 2 aromatic carbocycles. The van der Waals surface area contributed by atoms with Gasteiger partial charge in [0.1, 0.15) is 22.0 Å². The molecule has 0 atom stereocenters. The van der Waals surface area contributed by atoms with Gasteiger partial charge < -0.3 is 15.0 Å². The van der Waals surface area contributed by atoms with Gasteiger partial charge in [0.2, 0.25) is 9.84 Å². The number of hydrogen-bond donors (Lipinski definition) is 2. The van der Waals surface area contributed by atoms with Crippen molar-refractivity contribution in [3.8, 4) is 5.75 Å². The Balaban J connectivity index is 1.62. The number of carbonyl (C=O) groups is 2. The highest BCUT2D eigenvalue weighted by Gasteiger charge is 2.38. The number of phenolic OH excluding ortho intramolecular Hbond substituents is 1. The maximum atomic E-state index is 13.6. The van der Waals surface area contributed by atoms with Crippen LogP contribution < -0.4 is 4.42 Å². The first-order valence-corrected chi connectivity index (χ1v) is 12.7. The van der Waals surface area contributed by atoms with Gasteiger partial charge in [-0.25, -0.2) is 12.8 Å². The molecule has 8 nitrogen and oxygen atoms in total. The lowest BCUT2D eigenvalue weighted by molar-refractivity contribution is 0.0739. The summed E-state index contributed by atoms with van der Waals surface area (Å²) in [6.45, 7) is 2.15. The van der Waals surface area contributed by atoms with Crippen molar-refractivity contribution in [2.75, 3.05) is 11.0 Å². The van der Waals surface area contributed by atoms with Crippen molar-refractivity contribution in [3.63, 3.8) is 0 Å². The molecule has 0 fully saturated rings. The molecule has 2 aliphatic heterocycles. The number of aromatic hydroxyl groups is 1. The maximum absolute atomic E-state index is 13.6. The van der Waals surface area contributed by atoms with Crippen LogP contribution in [0.2, 0.25) is 5.02 Å². The fourth-order valence-electron chi connectivity index (χ4n) is 4.51. The molecule has 34 heavy (non-hydrogen) atoms. The number of nitrogens with zero attached hydrogens (tertiary/aromatic N) is 2. The molecule has 0 aliphatic carbocycles. The predicted octanol–water partition coefficient (Wildman–Crippen LogP) is 4.22. The highest BCUT2D eigenvalue weighted by atomic mass is 35.5.